The predicted molar refractivity (Wildman–Crippen MR) is 91.8 cm³/mol. The van der Waals surface area contributed by atoms with E-state index >= 15 is 0 Å². The van der Waals surface area contributed by atoms with Gasteiger partial charge < -0.3 is 15.4 Å². The van der Waals surface area contributed by atoms with E-state index in [4.69, 9.17) is 27.9 Å². The van der Waals surface area contributed by atoms with E-state index in [0.29, 0.717) is 22.7 Å². The molecular weight excluding hydrogens is 307 g/mol. The Labute approximate surface area is 138 Å². The minimum atomic E-state index is 0.115. The molecule has 0 amide bonds. The zero-order valence-corrected chi connectivity index (χ0v) is 14.8. The van der Waals surface area contributed by atoms with Gasteiger partial charge in [0.15, 0.2) is 0 Å². The number of halogens is 2. The number of rotatable bonds is 9. The van der Waals surface area contributed by atoms with Crippen LogP contribution in [0.5, 0.6) is 5.75 Å². The highest BCUT2D eigenvalue weighted by Gasteiger charge is 2.23. The summed E-state index contributed by atoms with van der Waals surface area (Å²) in [7, 11) is 1.99. The van der Waals surface area contributed by atoms with Crippen LogP contribution in [0.25, 0.3) is 0 Å². The Morgan fingerprint density at radius 3 is 2.57 bits per heavy atom. The highest BCUT2D eigenvalue weighted by Crippen LogP contribution is 2.26. The summed E-state index contributed by atoms with van der Waals surface area (Å²) < 4.78 is 5.69. The Kier molecular flexibility index (Phi) is 7.82. The maximum Gasteiger partial charge on any atom is 0.120 e. The molecule has 1 aromatic carbocycles. The molecule has 2 N–H and O–H groups in total. The number of hydrogen-bond acceptors (Lipinski definition) is 3. The molecule has 0 saturated heterocycles. The van der Waals surface area contributed by atoms with E-state index < -0.39 is 0 Å². The monoisotopic (exact) mass is 332 g/mol. The molecule has 0 aliphatic heterocycles. The second-order valence-electron chi connectivity index (χ2n) is 5.66. The Bertz CT molecular complexity index is 442. The molecule has 1 rings (SSSR count). The van der Waals surface area contributed by atoms with Gasteiger partial charge in [0.05, 0.1) is 10.0 Å². The van der Waals surface area contributed by atoms with E-state index in [1.54, 1.807) is 12.1 Å². The van der Waals surface area contributed by atoms with Gasteiger partial charge in [-0.3, -0.25) is 0 Å². The Balaban J connectivity index is 2.39. The number of ether oxygens (including phenoxy) is 1. The van der Waals surface area contributed by atoms with Crippen molar-refractivity contribution >= 4 is 23.2 Å². The molecule has 0 spiro atoms. The highest BCUT2D eigenvalue weighted by atomic mass is 35.5. The van der Waals surface area contributed by atoms with Crippen LogP contribution in [0.2, 0.25) is 10.0 Å². The summed E-state index contributed by atoms with van der Waals surface area (Å²) in [6.45, 7) is 8.04. The highest BCUT2D eigenvalue weighted by molar-refractivity contribution is 6.42. The normalized spacial score (nSPS) is 15.5. The van der Waals surface area contributed by atoms with Crippen molar-refractivity contribution in [3.8, 4) is 5.75 Å². The molecule has 120 valence electrons. The molecule has 5 heteroatoms. The van der Waals surface area contributed by atoms with Crippen molar-refractivity contribution in [2.24, 2.45) is 0 Å². The van der Waals surface area contributed by atoms with Crippen LogP contribution >= 0.6 is 23.2 Å². The van der Waals surface area contributed by atoms with Crippen LogP contribution in [0.3, 0.4) is 0 Å². The van der Waals surface area contributed by atoms with Crippen LogP contribution in [0.15, 0.2) is 18.2 Å². The zero-order valence-electron chi connectivity index (χ0n) is 13.3. The smallest absolute Gasteiger partial charge is 0.120 e. The summed E-state index contributed by atoms with van der Waals surface area (Å²) >= 11 is 11.8. The summed E-state index contributed by atoms with van der Waals surface area (Å²) in [5, 5.41) is 7.93. The maximum absolute atomic E-state index is 5.96. The molecule has 3 nitrogen and oxygen atoms in total. The lowest BCUT2D eigenvalue weighted by molar-refractivity contribution is 0.249. The lowest BCUT2D eigenvalue weighted by Gasteiger charge is -2.32. The molecule has 0 aromatic heterocycles. The molecule has 0 heterocycles. The van der Waals surface area contributed by atoms with Gasteiger partial charge in [-0.1, -0.05) is 30.1 Å². The van der Waals surface area contributed by atoms with Gasteiger partial charge >= 0.3 is 0 Å². The lowest BCUT2D eigenvalue weighted by Crippen LogP contribution is -2.47. The standard InChI is InChI=1S/C16H26Cl2N2O/c1-5-16(3,11-12(2)19-4)20-8-9-21-13-6-7-14(17)15(18)10-13/h6-7,10,12,19-20H,5,8-9,11H2,1-4H3. The van der Waals surface area contributed by atoms with Gasteiger partial charge in [-0.2, -0.15) is 0 Å². The van der Waals surface area contributed by atoms with Gasteiger partial charge in [-0.05, 0) is 45.9 Å². The first-order valence-electron chi connectivity index (χ1n) is 7.40. The first-order chi connectivity index (χ1) is 9.90. The van der Waals surface area contributed by atoms with Crippen LogP contribution in [-0.2, 0) is 0 Å². The van der Waals surface area contributed by atoms with Gasteiger partial charge in [0, 0.05) is 24.2 Å². The number of hydrogen-bond donors (Lipinski definition) is 2. The Morgan fingerprint density at radius 2 is 2.00 bits per heavy atom. The molecular formula is C16H26Cl2N2O. The third-order valence-electron chi connectivity index (χ3n) is 3.84. The van der Waals surface area contributed by atoms with Gasteiger partial charge in [0.25, 0.3) is 0 Å². The summed E-state index contributed by atoms with van der Waals surface area (Å²) in [4.78, 5) is 0. The van der Waals surface area contributed by atoms with Crippen molar-refractivity contribution in [2.75, 3.05) is 20.2 Å². The van der Waals surface area contributed by atoms with Crippen molar-refractivity contribution in [3.63, 3.8) is 0 Å². The Morgan fingerprint density at radius 1 is 1.29 bits per heavy atom. The summed E-state index contributed by atoms with van der Waals surface area (Å²) in [6.07, 6.45) is 2.15. The van der Waals surface area contributed by atoms with E-state index in [1.807, 2.05) is 13.1 Å². The second-order valence-corrected chi connectivity index (χ2v) is 6.47. The van der Waals surface area contributed by atoms with E-state index in [-0.39, 0.29) is 5.54 Å². The molecule has 2 atom stereocenters. The Hall–Kier alpha value is -0.480. The molecule has 0 bridgehead atoms. The molecule has 0 aliphatic rings. The van der Waals surface area contributed by atoms with Gasteiger partial charge in [0.2, 0.25) is 0 Å². The lowest BCUT2D eigenvalue weighted by atomic mass is 9.91. The molecule has 2 unspecified atom stereocenters. The molecule has 0 radical (unpaired) electrons. The average molecular weight is 333 g/mol. The molecule has 0 aliphatic carbocycles. The van der Waals surface area contributed by atoms with Crippen molar-refractivity contribution in [1.29, 1.82) is 0 Å². The van der Waals surface area contributed by atoms with Crippen molar-refractivity contribution in [1.82, 2.24) is 10.6 Å². The molecule has 0 fully saturated rings. The van der Waals surface area contributed by atoms with Crippen molar-refractivity contribution in [2.45, 2.75) is 45.2 Å². The first-order valence-corrected chi connectivity index (χ1v) is 8.16. The third-order valence-corrected chi connectivity index (χ3v) is 4.58. The van der Waals surface area contributed by atoms with Crippen molar-refractivity contribution < 1.29 is 4.74 Å². The number of benzene rings is 1. The maximum atomic E-state index is 5.96. The summed E-state index contributed by atoms with van der Waals surface area (Å²) in [6, 6.07) is 5.80. The van der Waals surface area contributed by atoms with Gasteiger partial charge in [0.1, 0.15) is 12.4 Å². The van der Waals surface area contributed by atoms with Crippen LogP contribution in [0, 0.1) is 0 Å². The van der Waals surface area contributed by atoms with E-state index in [2.05, 4.69) is 31.4 Å². The fourth-order valence-corrected chi connectivity index (χ4v) is 2.50. The minimum absolute atomic E-state index is 0.115. The summed E-state index contributed by atoms with van der Waals surface area (Å²) in [5.41, 5.74) is 0.115. The van der Waals surface area contributed by atoms with Crippen LogP contribution in [0.1, 0.15) is 33.6 Å². The van der Waals surface area contributed by atoms with E-state index in [0.717, 1.165) is 25.1 Å². The van der Waals surface area contributed by atoms with E-state index in [1.165, 1.54) is 0 Å². The van der Waals surface area contributed by atoms with Crippen LogP contribution in [-0.4, -0.2) is 31.8 Å². The fraction of sp³-hybridized carbons (Fsp3) is 0.625. The molecule has 1 aromatic rings. The number of nitrogens with one attached hydrogen (secondary N) is 2. The largest absolute Gasteiger partial charge is 0.492 e. The average Bonchev–Trinajstić information content (AvgIpc) is 2.47. The molecule has 21 heavy (non-hydrogen) atoms. The van der Waals surface area contributed by atoms with Crippen molar-refractivity contribution in [3.05, 3.63) is 28.2 Å². The fourth-order valence-electron chi connectivity index (χ4n) is 2.21. The second kappa shape index (κ2) is 8.84. The van der Waals surface area contributed by atoms with Crippen LogP contribution < -0.4 is 15.4 Å². The third kappa shape index (κ3) is 6.43. The SMILES string of the molecule is CCC(C)(CC(C)NC)NCCOc1ccc(Cl)c(Cl)c1. The van der Waals surface area contributed by atoms with E-state index in [9.17, 15) is 0 Å². The predicted octanol–water partition coefficient (Wildman–Crippen LogP) is 4.13. The quantitative estimate of drug-likeness (QED) is 0.667. The van der Waals surface area contributed by atoms with Gasteiger partial charge in [-0.25, -0.2) is 0 Å². The zero-order chi connectivity index (χ0) is 15.9. The summed E-state index contributed by atoms with van der Waals surface area (Å²) in [5.74, 6) is 0.744. The van der Waals surface area contributed by atoms with Gasteiger partial charge in [-0.15, -0.1) is 0 Å². The molecule has 0 saturated carbocycles. The van der Waals surface area contributed by atoms with Crippen LogP contribution in [0.4, 0.5) is 0 Å². The minimum Gasteiger partial charge on any atom is -0.492 e. The topological polar surface area (TPSA) is 33.3 Å². The first kappa shape index (κ1) is 18.6.